The quantitative estimate of drug-likeness (QED) is 0.0221. The summed E-state index contributed by atoms with van der Waals surface area (Å²) in [6.07, 6.45) is 11.7. The molecule has 0 aromatic heterocycles. The van der Waals surface area contributed by atoms with Crippen molar-refractivity contribution in [2.75, 3.05) is 69.0 Å². The van der Waals surface area contributed by atoms with Crippen LogP contribution in [0.2, 0.25) is 0 Å². The lowest BCUT2D eigenvalue weighted by Gasteiger charge is -2.25. The average molecular weight is 1240 g/mol. The van der Waals surface area contributed by atoms with Crippen molar-refractivity contribution in [1.82, 2.24) is 0 Å². The van der Waals surface area contributed by atoms with Crippen LogP contribution in [0, 0.1) is 0 Å². The van der Waals surface area contributed by atoms with Crippen LogP contribution in [0.25, 0.3) is 0 Å². The molecule has 0 heterocycles. The van der Waals surface area contributed by atoms with E-state index in [9.17, 15) is 19.2 Å². The first-order valence-corrected chi connectivity index (χ1v) is 32.7. The standard InChI is InChI=1S/C76H88N8O8/c1-5-9-25-37-89-69-53-41-55-47-66(82-74(86)78-62-31-19-14-20-32-62)49-57(70(55)90-38-26-10-6-2)43-59-51-68(84-76(88)80-64-35-23-16-24-36-64)52-60(72(59)92-40-28-12-8-4)44-58-50-67(83-75(87)79-63-33-21-15-22-34-63)48-56(71(58)91-39-27-11-7-3)42-54(69)46-65(45-53)81-73(85)77-61-29-17-13-18-30-61/h13-24,29-36,45-52H,5-12,25-28,37-44H2,1-4H3,(H2,77,81,85)(H2,78,82,86)(H2,79,83,87)(H2,80,84,88). The van der Waals surface area contributed by atoms with Gasteiger partial charge in [-0.25, -0.2) is 19.2 Å². The van der Waals surface area contributed by atoms with E-state index in [0.29, 0.717) is 94.9 Å². The second kappa shape index (κ2) is 34.9. The number of carbonyl (C=O) groups excluding carboxylic acids is 4. The molecule has 8 N–H and O–H groups in total. The molecule has 1 aliphatic rings. The number of unbranched alkanes of at least 4 members (excludes halogenated alkanes) is 8. The van der Waals surface area contributed by atoms with E-state index in [1.807, 2.05) is 170 Å². The summed E-state index contributed by atoms with van der Waals surface area (Å²) in [4.78, 5) is 56.8. The minimum Gasteiger partial charge on any atom is -0.493 e. The number of carbonyl (C=O) groups is 4. The van der Waals surface area contributed by atoms with Crippen LogP contribution in [0.1, 0.15) is 149 Å². The molecule has 0 saturated carbocycles. The molecule has 0 fully saturated rings. The Hall–Kier alpha value is -9.96. The number of amides is 8. The molecule has 16 heteroatoms. The van der Waals surface area contributed by atoms with E-state index in [-0.39, 0.29) is 25.7 Å². The Bertz CT molecular complexity index is 3120. The van der Waals surface area contributed by atoms with Gasteiger partial charge in [0, 0.05) is 116 Å². The summed E-state index contributed by atoms with van der Waals surface area (Å²) in [5.41, 5.74) is 10.5. The minimum absolute atomic E-state index is 0.220. The van der Waals surface area contributed by atoms with Gasteiger partial charge in [-0.1, -0.05) is 152 Å². The summed E-state index contributed by atoms with van der Waals surface area (Å²) in [5, 5.41) is 24.7. The summed E-state index contributed by atoms with van der Waals surface area (Å²) >= 11 is 0. The number of fused-ring (bicyclic) bond motifs is 8. The van der Waals surface area contributed by atoms with Crippen LogP contribution in [-0.4, -0.2) is 50.6 Å². The van der Waals surface area contributed by atoms with Crippen LogP contribution in [-0.2, 0) is 25.7 Å². The van der Waals surface area contributed by atoms with Crippen molar-refractivity contribution in [2.24, 2.45) is 0 Å². The van der Waals surface area contributed by atoms with Crippen molar-refractivity contribution in [2.45, 2.75) is 130 Å². The van der Waals surface area contributed by atoms with Crippen molar-refractivity contribution in [3.63, 3.8) is 0 Å². The molecule has 9 rings (SSSR count). The molecule has 92 heavy (non-hydrogen) atoms. The van der Waals surface area contributed by atoms with Gasteiger partial charge >= 0.3 is 24.1 Å². The Balaban J connectivity index is 1.32. The van der Waals surface area contributed by atoms with Gasteiger partial charge in [0.05, 0.1) is 26.4 Å². The normalized spacial score (nSPS) is 11.5. The van der Waals surface area contributed by atoms with E-state index >= 15 is 0 Å². The molecule has 0 unspecified atom stereocenters. The average Bonchev–Trinajstić information content (AvgIpc) is 0.966. The Kier molecular flexibility index (Phi) is 25.2. The second-order valence-corrected chi connectivity index (χ2v) is 23.2. The van der Waals surface area contributed by atoms with Gasteiger partial charge in [0.15, 0.2) is 0 Å². The molecule has 8 aromatic rings. The summed E-state index contributed by atoms with van der Waals surface area (Å²) in [7, 11) is 0. The first-order valence-electron chi connectivity index (χ1n) is 32.7. The van der Waals surface area contributed by atoms with Gasteiger partial charge in [-0.15, -0.1) is 0 Å². The molecule has 1 aliphatic carbocycles. The largest absolute Gasteiger partial charge is 0.493 e. The van der Waals surface area contributed by atoms with E-state index in [0.717, 1.165) is 122 Å². The highest BCUT2D eigenvalue weighted by Gasteiger charge is 2.26. The number of rotatable bonds is 28. The smallest absolute Gasteiger partial charge is 0.323 e. The van der Waals surface area contributed by atoms with Crippen molar-refractivity contribution < 1.29 is 38.1 Å². The SMILES string of the molecule is CCCCCOc1c2cc(NC(=O)Nc3ccccc3)cc1Cc1cc(NC(=O)Nc3ccccc3)cc(c1OCCCCC)Cc1cc(NC(=O)Nc3ccccc3)cc(c1OCCCCC)Cc1cc(NC(=O)Nc3ccccc3)cc(c1OCCCCC)C2. The fourth-order valence-electron chi connectivity index (χ4n) is 11.3. The van der Waals surface area contributed by atoms with Crippen LogP contribution in [0.15, 0.2) is 170 Å². The second-order valence-electron chi connectivity index (χ2n) is 23.2. The maximum atomic E-state index is 14.2. The molecule has 8 bridgehead atoms. The Morgan fingerprint density at radius 3 is 0.609 bits per heavy atom. The lowest BCUT2D eigenvalue weighted by atomic mass is 9.90. The predicted octanol–water partition coefficient (Wildman–Crippen LogP) is 19.2. The summed E-state index contributed by atoms with van der Waals surface area (Å²) in [6, 6.07) is 51.0. The number of para-hydroxylation sites is 4. The van der Waals surface area contributed by atoms with E-state index in [1.54, 1.807) is 0 Å². The van der Waals surface area contributed by atoms with E-state index < -0.39 is 24.1 Å². The zero-order chi connectivity index (χ0) is 64.3. The van der Waals surface area contributed by atoms with Gasteiger partial charge in [-0.05, 0) is 123 Å². The fourth-order valence-corrected chi connectivity index (χ4v) is 11.3. The van der Waals surface area contributed by atoms with Gasteiger partial charge in [0.2, 0.25) is 0 Å². The van der Waals surface area contributed by atoms with Gasteiger partial charge in [-0.2, -0.15) is 0 Å². The summed E-state index contributed by atoms with van der Waals surface area (Å²) < 4.78 is 28.4. The highest BCUT2D eigenvalue weighted by atomic mass is 16.5. The highest BCUT2D eigenvalue weighted by Crippen LogP contribution is 2.43. The molecule has 480 valence electrons. The number of benzene rings is 8. The molecular formula is C76H88N8O8. The number of urea groups is 4. The molecule has 8 amide bonds. The molecule has 8 aromatic carbocycles. The third-order valence-corrected chi connectivity index (χ3v) is 15.6. The van der Waals surface area contributed by atoms with Crippen molar-refractivity contribution in [1.29, 1.82) is 0 Å². The van der Waals surface area contributed by atoms with Crippen molar-refractivity contribution in [3.8, 4) is 23.0 Å². The molecule has 0 radical (unpaired) electrons. The topological polar surface area (TPSA) is 201 Å². The van der Waals surface area contributed by atoms with Gasteiger partial charge in [0.1, 0.15) is 23.0 Å². The molecular weight excluding hydrogens is 1150 g/mol. The van der Waals surface area contributed by atoms with E-state index in [4.69, 9.17) is 18.9 Å². The Labute approximate surface area is 542 Å². The lowest BCUT2D eigenvalue weighted by molar-refractivity contribution is 0.261. The van der Waals surface area contributed by atoms with Crippen LogP contribution in [0.3, 0.4) is 0 Å². The van der Waals surface area contributed by atoms with Gasteiger partial charge < -0.3 is 61.5 Å². The van der Waals surface area contributed by atoms with Gasteiger partial charge in [-0.3, -0.25) is 0 Å². The highest BCUT2D eigenvalue weighted by molar-refractivity contribution is 6.02. The third-order valence-electron chi connectivity index (χ3n) is 15.6. The van der Waals surface area contributed by atoms with Crippen molar-refractivity contribution in [3.05, 3.63) is 214 Å². The van der Waals surface area contributed by atoms with Crippen LogP contribution >= 0.6 is 0 Å². The first-order chi connectivity index (χ1) is 45.0. The number of ether oxygens (including phenoxy) is 4. The Morgan fingerprint density at radius 1 is 0.261 bits per heavy atom. The molecule has 0 aliphatic heterocycles. The lowest BCUT2D eigenvalue weighted by Crippen LogP contribution is -2.21. The first kappa shape index (κ1) is 66.5. The Morgan fingerprint density at radius 2 is 0.435 bits per heavy atom. The fraction of sp³-hybridized carbons (Fsp3) is 0.316. The molecule has 0 spiro atoms. The predicted molar refractivity (Wildman–Crippen MR) is 373 cm³/mol. The van der Waals surface area contributed by atoms with Crippen LogP contribution in [0.4, 0.5) is 64.7 Å². The summed E-state index contributed by atoms with van der Waals surface area (Å²) in [5.74, 6) is 2.49. The molecule has 16 nitrogen and oxygen atoms in total. The maximum absolute atomic E-state index is 14.2. The number of anilines is 8. The molecule has 0 atom stereocenters. The van der Waals surface area contributed by atoms with E-state index in [2.05, 4.69) is 70.2 Å². The van der Waals surface area contributed by atoms with Crippen molar-refractivity contribution >= 4 is 69.6 Å². The summed E-state index contributed by atoms with van der Waals surface area (Å²) in [6.45, 7) is 10.3. The minimum atomic E-state index is -0.442. The monoisotopic (exact) mass is 1240 g/mol. The zero-order valence-corrected chi connectivity index (χ0v) is 53.6. The van der Waals surface area contributed by atoms with Gasteiger partial charge in [0.25, 0.3) is 0 Å². The number of hydrogen-bond donors (Lipinski definition) is 8. The number of nitrogens with one attached hydrogen (secondary N) is 8. The third kappa shape index (κ3) is 20.0. The number of hydrogen-bond acceptors (Lipinski definition) is 8. The maximum Gasteiger partial charge on any atom is 0.323 e. The van der Waals surface area contributed by atoms with Crippen LogP contribution in [0.5, 0.6) is 23.0 Å². The van der Waals surface area contributed by atoms with Crippen LogP contribution < -0.4 is 61.5 Å². The molecule has 0 saturated heterocycles. The zero-order valence-electron chi connectivity index (χ0n) is 53.6. The van der Waals surface area contributed by atoms with E-state index in [1.165, 1.54) is 0 Å².